The summed E-state index contributed by atoms with van der Waals surface area (Å²) in [5, 5.41) is 21.9. The number of β-lactam (4-membered cyclic amide) rings is 1. The van der Waals surface area contributed by atoms with Crippen molar-refractivity contribution in [2.45, 2.75) is 30.1 Å². The molecule has 4 atom stereocenters. The molecule has 0 aromatic carbocycles. The van der Waals surface area contributed by atoms with E-state index in [1.807, 2.05) is 0 Å². The van der Waals surface area contributed by atoms with Gasteiger partial charge in [-0.25, -0.2) is 4.79 Å². The van der Waals surface area contributed by atoms with Crippen molar-refractivity contribution in [2.24, 2.45) is 10.9 Å². The van der Waals surface area contributed by atoms with Crippen molar-refractivity contribution in [1.82, 2.24) is 10.2 Å². The number of carboxylic acids is 1. The van der Waals surface area contributed by atoms with Gasteiger partial charge in [-0.05, 0) is 6.92 Å². The van der Waals surface area contributed by atoms with Crippen LogP contribution >= 0.6 is 23.5 Å². The van der Waals surface area contributed by atoms with Gasteiger partial charge >= 0.3 is 11.9 Å². The van der Waals surface area contributed by atoms with Crippen molar-refractivity contribution < 1.29 is 29.3 Å². The van der Waals surface area contributed by atoms with Crippen LogP contribution in [0, 0.1) is 5.92 Å². The molecule has 0 aromatic rings. The maximum atomic E-state index is 12.2. The number of aliphatic hydroxyl groups is 1. The molecule has 3 aliphatic heterocycles. The minimum Gasteiger partial charge on any atom is -0.477 e. The number of aliphatic imine (C=N–C) groups is 1. The Balaban J connectivity index is 1.68. The third kappa shape index (κ3) is 3.42. The summed E-state index contributed by atoms with van der Waals surface area (Å²) >= 11 is 2.66. The Morgan fingerprint density at radius 2 is 2.27 bits per heavy atom. The predicted octanol–water partition coefficient (Wildman–Crippen LogP) is -0.181. The van der Waals surface area contributed by atoms with Gasteiger partial charge in [0.15, 0.2) is 5.70 Å². The maximum absolute atomic E-state index is 12.2. The van der Waals surface area contributed by atoms with E-state index < -0.39 is 18.0 Å². The molecule has 0 aliphatic carbocycles. The number of ether oxygens (including phenoxy) is 1. The second-order valence-corrected chi connectivity index (χ2v) is 8.78. The Labute approximate surface area is 158 Å². The van der Waals surface area contributed by atoms with Crippen molar-refractivity contribution in [2.75, 3.05) is 20.2 Å². The van der Waals surface area contributed by atoms with Crippen LogP contribution in [0.5, 0.6) is 0 Å². The third-order valence-corrected chi connectivity index (χ3v) is 7.09. The molecular formula is C15H19N3O6S2. The van der Waals surface area contributed by atoms with Crippen molar-refractivity contribution in [3.8, 4) is 0 Å². The Kier molecular flexibility index (Phi) is 5.49. The molecule has 1 amide bonds. The number of hydrogen-bond acceptors (Lipinski definition) is 9. The summed E-state index contributed by atoms with van der Waals surface area (Å²) in [5.74, 6) is -1.92. The molecule has 3 heterocycles. The Bertz CT molecular complexity index is 707. The summed E-state index contributed by atoms with van der Waals surface area (Å²) in [6, 6.07) is 0. The summed E-state index contributed by atoms with van der Waals surface area (Å²) < 4.78 is 5.15. The Hall–Kier alpha value is -1.72. The van der Waals surface area contributed by atoms with E-state index >= 15 is 0 Å². The molecule has 0 aromatic heterocycles. The van der Waals surface area contributed by atoms with E-state index in [2.05, 4.69) is 15.0 Å². The molecule has 3 unspecified atom stereocenters. The van der Waals surface area contributed by atoms with Gasteiger partial charge in [0.2, 0.25) is 5.91 Å². The number of thioether (sulfide) groups is 2. The fraction of sp³-hybridized carbons (Fsp3) is 0.600. The summed E-state index contributed by atoms with van der Waals surface area (Å²) in [7, 11) is 1.31. The lowest BCUT2D eigenvalue weighted by molar-refractivity contribution is -0.156. The summed E-state index contributed by atoms with van der Waals surface area (Å²) in [5.41, 5.74) is -0.0174. The molecule has 0 bridgehead atoms. The maximum Gasteiger partial charge on any atom is 0.354 e. The van der Waals surface area contributed by atoms with Gasteiger partial charge in [0.05, 0.1) is 29.9 Å². The normalized spacial score (nSPS) is 28.7. The molecule has 142 valence electrons. The lowest BCUT2D eigenvalue weighted by Crippen LogP contribution is -2.60. The highest BCUT2D eigenvalue weighted by Crippen LogP contribution is 2.54. The molecule has 3 aliphatic rings. The van der Waals surface area contributed by atoms with E-state index in [1.54, 1.807) is 0 Å². The predicted molar refractivity (Wildman–Crippen MR) is 96.4 cm³/mol. The van der Waals surface area contributed by atoms with Gasteiger partial charge in [0.25, 0.3) is 0 Å². The minimum absolute atomic E-state index is 0.0174. The van der Waals surface area contributed by atoms with Crippen LogP contribution in [-0.4, -0.2) is 75.7 Å². The average Bonchev–Trinajstić information content (AvgIpc) is 2.90. The SMILES string of the molecule is COC(=O)CC1=NCC(SC2=C(C(=O)O)N3C(=O)C(C(C)O)[C@@H]3S2)CN1. The number of esters is 1. The van der Waals surface area contributed by atoms with Gasteiger partial charge in [0.1, 0.15) is 17.6 Å². The highest BCUT2D eigenvalue weighted by atomic mass is 32.2. The fourth-order valence-corrected chi connectivity index (χ4v) is 6.12. The molecule has 0 saturated carbocycles. The van der Waals surface area contributed by atoms with Crippen LogP contribution in [0.25, 0.3) is 0 Å². The number of aliphatic carboxylic acids is 1. The number of aliphatic hydroxyl groups excluding tert-OH is 1. The van der Waals surface area contributed by atoms with E-state index in [4.69, 9.17) is 0 Å². The molecule has 0 spiro atoms. The monoisotopic (exact) mass is 401 g/mol. The van der Waals surface area contributed by atoms with Crippen LogP contribution in [-0.2, 0) is 19.1 Å². The summed E-state index contributed by atoms with van der Waals surface area (Å²) in [4.78, 5) is 40.7. The van der Waals surface area contributed by atoms with Crippen LogP contribution in [0.1, 0.15) is 13.3 Å². The van der Waals surface area contributed by atoms with E-state index in [9.17, 15) is 24.6 Å². The van der Waals surface area contributed by atoms with Gasteiger partial charge in [-0.3, -0.25) is 19.5 Å². The van der Waals surface area contributed by atoms with Crippen molar-refractivity contribution in [3.63, 3.8) is 0 Å². The number of nitrogens with zero attached hydrogens (tertiary/aromatic N) is 2. The van der Waals surface area contributed by atoms with Gasteiger partial charge in [-0.2, -0.15) is 0 Å². The average molecular weight is 401 g/mol. The number of fused-ring (bicyclic) bond motifs is 1. The van der Waals surface area contributed by atoms with E-state index in [1.165, 1.54) is 42.5 Å². The molecule has 3 N–H and O–H groups in total. The molecule has 1 fully saturated rings. The third-order valence-electron chi connectivity index (χ3n) is 4.30. The zero-order valence-corrected chi connectivity index (χ0v) is 15.8. The largest absolute Gasteiger partial charge is 0.477 e. The standard InChI is InChI=1S/C15H19N3O6S2/c1-6(19)10-12(21)18-11(14(22)23)15(26-13(10)18)25-7-4-16-8(17-5-7)3-9(20)24-2/h6-7,10,13,19H,3-5H2,1-2H3,(H,16,17)(H,22,23)/t6?,10?,13-/m0/s1. The zero-order chi connectivity index (χ0) is 19.0. The first-order valence-electron chi connectivity index (χ1n) is 7.99. The number of rotatable bonds is 6. The second kappa shape index (κ2) is 7.49. The molecule has 1 saturated heterocycles. The number of hydrogen-bond donors (Lipinski definition) is 3. The molecule has 3 rings (SSSR count). The number of carbonyl (C=O) groups excluding carboxylic acids is 2. The number of methoxy groups -OCH3 is 1. The van der Waals surface area contributed by atoms with Crippen LogP contribution in [0.4, 0.5) is 0 Å². The molecular weight excluding hydrogens is 382 g/mol. The lowest BCUT2D eigenvalue weighted by Gasteiger charge is -2.43. The number of amides is 1. The number of amidine groups is 1. The first-order valence-corrected chi connectivity index (χ1v) is 9.75. The van der Waals surface area contributed by atoms with E-state index in [0.29, 0.717) is 23.2 Å². The van der Waals surface area contributed by atoms with E-state index in [0.717, 1.165) is 0 Å². The first kappa shape index (κ1) is 19.1. The van der Waals surface area contributed by atoms with Gasteiger partial charge in [0, 0.05) is 11.8 Å². The Morgan fingerprint density at radius 1 is 1.54 bits per heavy atom. The molecule has 26 heavy (non-hydrogen) atoms. The van der Waals surface area contributed by atoms with Crippen molar-refractivity contribution in [1.29, 1.82) is 0 Å². The smallest absolute Gasteiger partial charge is 0.354 e. The molecule has 0 radical (unpaired) electrons. The van der Waals surface area contributed by atoms with Crippen LogP contribution in [0.2, 0.25) is 0 Å². The van der Waals surface area contributed by atoms with Gasteiger partial charge in [-0.1, -0.05) is 11.8 Å². The van der Waals surface area contributed by atoms with Gasteiger partial charge < -0.3 is 20.3 Å². The molecule has 11 heteroatoms. The number of carbonyl (C=O) groups is 3. The minimum atomic E-state index is -1.15. The summed E-state index contributed by atoms with van der Waals surface area (Å²) in [6.07, 6.45) is -0.746. The number of carboxylic acid groups (broad SMARTS) is 1. The lowest BCUT2D eigenvalue weighted by atomic mass is 9.92. The molecule has 9 nitrogen and oxygen atoms in total. The quantitative estimate of drug-likeness (QED) is 0.410. The van der Waals surface area contributed by atoms with Crippen LogP contribution in [0.15, 0.2) is 14.9 Å². The second-order valence-electron chi connectivity index (χ2n) is 6.09. The van der Waals surface area contributed by atoms with Crippen LogP contribution < -0.4 is 5.32 Å². The summed E-state index contributed by atoms with van der Waals surface area (Å²) in [6.45, 7) is 2.49. The van der Waals surface area contributed by atoms with E-state index in [-0.39, 0.29) is 34.6 Å². The fourth-order valence-electron chi connectivity index (χ4n) is 2.95. The first-order chi connectivity index (χ1) is 12.3. The van der Waals surface area contributed by atoms with Crippen molar-refractivity contribution in [3.05, 3.63) is 9.93 Å². The van der Waals surface area contributed by atoms with Crippen LogP contribution in [0.3, 0.4) is 0 Å². The van der Waals surface area contributed by atoms with Crippen molar-refractivity contribution >= 4 is 47.2 Å². The highest BCUT2D eigenvalue weighted by Gasteiger charge is 2.57. The Morgan fingerprint density at radius 3 is 2.81 bits per heavy atom. The zero-order valence-electron chi connectivity index (χ0n) is 14.2. The highest BCUT2D eigenvalue weighted by molar-refractivity contribution is 8.23. The number of nitrogens with one attached hydrogen (secondary N) is 1. The topological polar surface area (TPSA) is 129 Å². The van der Waals surface area contributed by atoms with Gasteiger partial charge in [-0.15, -0.1) is 11.8 Å².